The van der Waals surface area contributed by atoms with Gasteiger partial charge in [0.25, 0.3) is 5.91 Å². The number of morpholine rings is 1. The van der Waals surface area contributed by atoms with Crippen LogP contribution in [0.2, 0.25) is 0 Å². The molecule has 12 nitrogen and oxygen atoms in total. The minimum Gasteiger partial charge on any atom is -0.385 e. The first-order valence-electron chi connectivity index (χ1n) is 8.94. The van der Waals surface area contributed by atoms with Crippen molar-refractivity contribution in [3.05, 3.63) is 18.2 Å². The van der Waals surface area contributed by atoms with Crippen LogP contribution >= 0.6 is 0 Å². The van der Waals surface area contributed by atoms with Gasteiger partial charge in [0, 0.05) is 19.1 Å². The lowest BCUT2D eigenvalue weighted by atomic mass is 10.3. The first-order chi connectivity index (χ1) is 13.8. The summed E-state index contributed by atoms with van der Waals surface area (Å²) in [6.07, 6.45) is 0. The molecule has 2 N–H and O–H groups in total. The number of hydrogen-bond donors (Lipinski definition) is 2. The van der Waals surface area contributed by atoms with Crippen molar-refractivity contribution in [2.45, 2.75) is 24.8 Å². The Kier molecular flexibility index (Phi) is 6.30. The molecule has 1 saturated heterocycles. The Balaban J connectivity index is 1.72. The monoisotopic (exact) mass is 426 g/mol. The molecule has 158 valence electrons. The molecule has 1 aromatic heterocycles. The largest absolute Gasteiger partial charge is 0.385 e. The van der Waals surface area contributed by atoms with E-state index < -0.39 is 28.6 Å². The highest BCUT2D eigenvalue weighted by atomic mass is 32.2. The highest BCUT2D eigenvalue weighted by Gasteiger charge is 2.27. The fraction of sp³-hybridized carbons (Fsp3) is 0.500. The smallest absolute Gasteiger partial charge is 0.321 e. The molecule has 3 rings (SSSR count). The van der Waals surface area contributed by atoms with Gasteiger partial charge in [0.1, 0.15) is 11.0 Å². The third kappa shape index (κ3) is 4.99. The van der Waals surface area contributed by atoms with E-state index in [1.165, 1.54) is 22.5 Å². The lowest BCUT2D eigenvalue weighted by Crippen LogP contribution is -2.44. The Morgan fingerprint density at radius 1 is 1.28 bits per heavy atom. The Labute approximate surface area is 167 Å². The molecule has 1 aliphatic heterocycles. The van der Waals surface area contributed by atoms with Crippen molar-refractivity contribution >= 4 is 33.0 Å². The van der Waals surface area contributed by atoms with Crippen molar-refractivity contribution in [2.75, 3.05) is 32.9 Å². The van der Waals surface area contributed by atoms with Gasteiger partial charge in [-0.05, 0) is 37.3 Å². The number of nitrogens with zero attached hydrogens (tertiary/aromatic N) is 4. The van der Waals surface area contributed by atoms with Gasteiger partial charge in [-0.25, -0.2) is 13.2 Å². The third-order valence-electron chi connectivity index (χ3n) is 3.99. The van der Waals surface area contributed by atoms with E-state index in [2.05, 4.69) is 20.9 Å². The molecule has 0 unspecified atom stereocenters. The molecule has 2 heterocycles. The maximum absolute atomic E-state index is 12.8. The second-order valence-electron chi connectivity index (χ2n) is 6.58. The molecule has 1 aliphatic rings. The van der Waals surface area contributed by atoms with Crippen LogP contribution in [0.15, 0.2) is 23.1 Å². The summed E-state index contributed by atoms with van der Waals surface area (Å²) < 4.78 is 32.2. The molecule has 0 radical (unpaired) electrons. The van der Waals surface area contributed by atoms with E-state index >= 15 is 0 Å². The standard InChI is InChI=1S/C16H22N6O6S/c1-11(2)17-16(24)18-15(23)10-28-22-14-9-12(3-4-13(14)19-20-22)29(25,26)21-5-7-27-8-6-21/h3-4,9,11H,5-8,10H2,1-2H3,(H2,17,18,23,24). The molecule has 0 aliphatic carbocycles. The van der Waals surface area contributed by atoms with Crippen molar-refractivity contribution in [1.82, 2.24) is 30.1 Å². The van der Waals surface area contributed by atoms with Crippen molar-refractivity contribution in [2.24, 2.45) is 0 Å². The van der Waals surface area contributed by atoms with Gasteiger partial charge in [-0.1, -0.05) is 4.85 Å². The summed E-state index contributed by atoms with van der Waals surface area (Å²) in [6.45, 7) is 4.22. The number of hydrogen-bond acceptors (Lipinski definition) is 8. The molecule has 1 aromatic carbocycles. The molecule has 0 atom stereocenters. The zero-order chi connectivity index (χ0) is 21.0. The van der Waals surface area contributed by atoms with Crippen molar-refractivity contribution < 1.29 is 27.6 Å². The number of carbonyl (C=O) groups excluding carboxylic acids is 2. The van der Waals surface area contributed by atoms with Gasteiger partial charge in [-0.15, -0.1) is 5.10 Å². The Morgan fingerprint density at radius 3 is 2.69 bits per heavy atom. The molecule has 29 heavy (non-hydrogen) atoms. The lowest BCUT2D eigenvalue weighted by Gasteiger charge is -2.26. The first kappa shape index (κ1) is 21.0. The van der Waals surface area contributed by atoms with Crippen molar-refractivity contribution in [3.63, 3.8) is 0 Å². The van der Waals surface area contributed by atoms with E-state index in [1.54, 1.807) is 13.8 Å². The van der Waals surface area contributed by atoms with Gasteiger partial charge >= 0.3 is 6.03 Å². The number of nitrogens with one attached hydrogen (secondary N) is 2. The SMILES string of the molecule is CC(C)NC(=O)NC(=O)COn1nnc2ccc(S(=O)(=O)N3CCOCC3)cc21. The molecular formula is C16H22N6O6S. The van der Waals surface area contributed by atoms with E-state index in [1.807, 2.05) is 0 Å². The predicted octanol–water partition coefficient (Wildman–Crippen LogP) is -0.885. The van der Waals surface area contributed by atoms with E-state index in [0.29, 0.717) is 18.7 Å². The van der Waals surface area contributed by atoms with E-state index in [0.717, 1.165) is 4.85 Å². The summed E-state index contributed by atoms with van der Waals surface area (Å²) in [5.74, 6) is -0.691. The van der Waals surface area contributed by atoms with Crippen molar-refractivity contribution in [3.8, 4) is 0 Å². The fourth-order valence-corrected chi connectivity index (χ4v) is 4.08. The number of benzene rings is 1. The normalized spacial score (nSPS) is 15.4. The molecular weight excluding hydrogens is 404 g/mol. The number of ether oxygens (including phenoxy) is 1. The van der Waals surface area contributed by atoms with Gasteiger partial charge in [0.2, 0.25) is 10.0 Å². The molecule has 0 bridgehead atoms. The van der Waals surface area contributed by atoms with Crippen LogP contribution in [0.25, 0.3) is 11.0 Å². The summed E-state index contributed by atoms with van der Waals surface area (Å²) >= 11 is 0. The summed E-state index contributed by atoms with van der Waals surface area (Å²) in [5.41, 5.74) is 0.669. The molecule has 13 heteroatoms. The number of fused-ring (bicyclic) bond motifs is 1. The topological polar surface area (TPSA) is 145 Å². The van der Waals surface area contributed by atoms with Gasteiger partial charge in [-0.3, -0.25) is 10.1 Å². The van der Waals surface area contributed by atoms with Crippen LogP contribution in [0.1, 0.15) is 13.8 Å². The van der Waals surface area contributed by atoms with Crippen LogP contribution in [0, 0.1) is 0 Å². The highest BCUT2D eigenvalue weighted by molar-refractivity contribution is 7.89. The Hall–Kier alpha value is -2.77. The quantitative estimate of drug-likeness (QED) is 0.605. The number of urea groups is 1. The molecule has 2 aromatic rings. The average Bonchev–Trinajstić information content (AvgIpc) is 3.08. The predicted molar refractivity (Wildman–Crippen MR) is 100 cm³/mol. The third-order valence-corrected chi connectivity index (χ3v) is 5.88. The number of rotatable bonds is 6. The number of carbonyl (C=O) groups is 2. The van der Waals surface area contributed by atoms with Crippen LogP contribution in [0.3, 0.4) is 0 Å². The van der Waals surface area contributed by atoms with Crippen molar-refractivity contribution in [1.29, 1.82) is 0 Å². The van der Waals surface area contributed by atoms with Gasteiger partial charge in [0.05, 0.1) is 18.1 Å². The van der Waals surface area contributed by atoms with E-state index in [-0.39, 0.29) is 29.5 Å². The van der Waals surface area contributed by atoms with Gasteiger partial charge in [-0.2, -0.15) is 4.31 Å². The van der Waals surface area contributed by atoms with E-state index in [9.17, 15) is 18.0 Å². The molecule has 0 spiro atoms. The number of aromatic nitrogens is 3. The number of amides is 3. The van der Waals surface area contributed by atoms with Gasteiger partial charge < -0.3 is 14.9 Å². The first-order valence-corrected chi connectivity index (χ1v) is 10.4. The molecule has 3 amide bonds. The number of imide groups is 1. The fourth-order valence-electron chi connectivity index (χ4n) is 2.65. The van der Waals surface area contributed by atoms with Crippen LogP contribution in [-0.4, -0.2) is 78.8 Å². The molecule has 1 fully saturated rings. The maximum atomic E-state index is 12.8. The second kappa shape index (κ2) is 8.71. The zero-order valence-electron chi connectivity index (χ0n) is 16.0. The average molecular weight is 426 g/mol. The van der Waals surface area contributed by atoms with Crippen LogP contribution in [0.5, 0.6) is 0 Å². The minimum absolute atomic E-state index is 0.0554. The summed E-state index contributed by atoms with van der Waals surface area (Å²) in [7, 11) is -3.71. The number of sulfonamides is 1. The van der Waals surface area contributed by atoms with Crippen LogP contribution in [-0.2, 0) is 19.6 Å². The summed E-state index contributed by atoms with van der Waals surface area (Å²) in [5, 5.41) is 12.3. The second-order valence-corrected chi connectivity index (χ2v) is 8.52. The Morgan fingerprint density at radius 2 is 2.00 bits per heavy atom. The Bertz CT molecular complexity index is 998. The maximum Gasteiger partial charge on any atom is 0.321 e. The molecule has 0 saturated carbocycles. The lowest BCUT2D eigenvalue weighted by molar-refractivity contribution is -0.125. The van der Waals surface area contributed by atoms with E-state index in [4.69, 9.17) is 9.57 Å². The van der Waals surface area contributed by atoms with Crippen LogP contribution < -0.4 is 15.5 Å². The van der Waals surface area contributed by atoms with Crippen LogP contribution in [0.4, 0.5) is 4.79 Å². The minimum atomic E-state index is -3.71. The van der Waals surface area contributed by atoms with Gasteiger partial charge in [0.15, 0.2) is 6.61 Å². The summed E-state index contributed by atoms with van der Waals surface area (Å²) in [4.78, 5) is 29.6. The highest BCUT2D eigenvalue weighted by Crippen LogP contribution is 2.21. The summed E-state index contributed by atoms with van der Waals surface area (Å²) in [6, 6.07) is 3.55. The zero-order valence-corrected chi connectivity index (χ0v) is 16.8.